The Kier molecular flexibility index (Phi) is 3.35. The highest BCUT2D eigenvalue weighted by atomic mass is 16.7. The van der Waals surface area contributed by atoms with Gasteiger partial charge in [0.25, 0.3) is 0 Å². The largest absolute Gasteiger partial charge is 0.507 e. The van der Waals surface area contributed by atoms with E-state index in [9.17, 15) is 15.2 Å². The molecule has 0 spiro atoms. The zero-order valence-electron chi connectivity index (χ0n) is 11.1. The molecule has 3 rings (SSSR count). The number of aromatic hydroxyl groups is 1. The third kappa shape index (κ3) is 2.60. The van der Waals surface area contributed by atoms with E-state index in [2.05, 4.69) is 0 Å². The van der Waals surface area contributed by atoms with Crippen molar-refractivity contribution >= 4 is 0 Å². The fourth-order valence-electron chi connectivity index (χ4n) is 2.44. The lowest BCUT2D eigenvalue weighted by molar-refractivity contribution is -0.481. The quantitative estimate of drug-likeness (QED) is 0.690. The second kappa shape index (κ2) is 5.32. The first-order valence-corrected chi connectivity index (χ1v) is 6.44. The summed E-state index contributed by atoms with van der Waals surface area (Å²) in [5, 5.41) is 21.1. The average Bonchev–Trinajstić information content (AvgIpc) is 2.92. The lowest BCUT2D eigenvalue weighted by Crippen LogP contribution is -2.14. The fourth-order valence-corrected chi connectivity index (χ4v) is 2.44. The number of ether oxygens (including phenoxy) is 2. The van der Waals surface area contributed by atoms with Crippen molar-refractivity contribution in [2.24, 2.45) is 0 Å². The van der Waals surface area contributed by atoms with Gasteiger partial charge in [-0.2, -0.15) is 0 Å². The first-order valence-electron chi connectivity index (χ1n) is 6.44. The summed E-state index contributed by atoms with van der Waals surface area (Å²) < 4.78 is 10.5. The molecule has 0 fully saturated rings. The van der Waals surface area contributed by atoms with Gasteiger partial charge in [-0.25, -0.2) is 0 Å². The number of phenolic OH excluding ortho intramolecular Hbond substituents is 1. The van der Waals surface area contributed by atoms with Gasteiger partial charge < -0.3 is 14.6 Å². The van der Waals surface area contributed by atoms with Crippen molar-refractivity contribution in [2.45, 2.75) is 5.92 Å². The summed E-state index contributed by atoms with van der Waals surface area (Å²) in [5.41, 5.74) is 1.23. The first kappa shape index (κ1) is 13.2. The van der Waals surface area contributed by atoms with Gasteiger partial charge in [0.15, 0.2) is 11.5 Å². The number of hydrogen-bond acceptors (Lipinski definition) is 5. The molecule has 0 amide bonds. The van der Waals surface area contributed by atoms with Gasteiger partial charge in [0, 0.05) is 16.6 Å². The number of nitro groups is 1. The first-order chi connectivity index (χ1) is 10.1. The average molecular weight is 287 g/mol. The van der Waals surface area contributed by atoms with Gasteiger partial charge in [0.1, 0.15) is 5.75 Å². The van der Waals surface area contributed by atoms with E-state index in [1.807, 2.05) is 18.2 Å². The molecular weight excluding hydrogens is 274 g/mol. The Bertz CT molecular complexity index is 671. The lowest BCUT2D eigenvalue weighted by atomic mass is 9.90. The van der Waals surface area contributed by atoms with Gasteiger partial charge in [-0.1, -0.05) is 30.3 Å². The molecule has 1 N–H and O–H groups in total. The van der Waals surface area contributed by atoms with Crippen molar-refractivity contribution < 1.29 is 19.5 Å². The van der Waals surface area contributed by atoms with Crippen LogP contribution >= 0.6 is 0 Å². The summed E-state index contributed by atoms with van der Waals surface area (Å²) in [5.74, 6) is 0.363. The number of phenols is 1. The van der Waals surface area contributed by atoms with E-state index in [1.165, 1.54) is 6.07 Å². The third-order valence-corrected chi connectivity index (χ3v) is 3.43. The van der Waals surface area contributed by atoms with Crippen LogP contribution in [0.25, 0.3) is 0 Å². The normalized spacial score (nSPS) is 13.9. The molecular formula is C15H13NO5. The molecule has 1 heterocycles. The standard InChI is InChI=1S/C15H13NO5/c17-13-7-15-14(20-9-21-15)6-11(13)12(8-16(18)19)10-4-2-1-3-5-10/h1-7,12,17H,8-9H2/t12-/m0/s1. The van der Waals surface area contributed by atoms with E-state index in [0.29, 0.717) is 17.1 Å². The smallest absolute Gasteiger partial charge is 0.231 e. The summed E-state index contributed by atoms with van der Waals surface area (Å²) in [6, 6.07) is 12.1. The van der Waals surface area contributed by atoms with Crippen molar-refractivity contribution in [3.05, 3.63) is 63.7 Å². The molecule has 0 aromatic heterocycles. The Hall–Kier alpha value is -2.76. The van der Waals surface area contributed by atoms with Crippen LogP contribution in [0.2, 0.25) is 0 Å². The Morgan fingerprint density at radius 1 is 1.19 bits per heavy atom. The molecule has 6 heteroatoms. The van der Waals surface area contributed by atoms with Gasteiger partial charge in [-0.05, 0) is 11.6 Å². The van der Waals surface area contributed by atoms with Gasteiger partial charge in [-0.3, -0.25) is 10.1 Å². The number of hydrogen-bond donors (Lipinski definition) is 1. The predicted molar refractivity (Wildman–Crippen MR) is 74.4 cm³/mol. The molecule has 1 aliphatic rings. The van der Waals surface area contributed by atoms with Crippen molar-refractivity contribution in [3.63, 3.8) is 0 Å². The Morgan fingerprint density at radius 2 is 1.86 bits per heavy atom. The molecule has 0 aliphatic carbocycles. The maximum Gasteiger partial charge on any atom is 0.231 e. The molecule has 0 unspecified atom stereocenters. The lowest BCUT2D eigenvalue weighted by Gasteiger charge is -2.16. The van der Waals surface area contributed by atoms with Crippen molar-refractivity contribution in [1.82, 2.24) is 0 Å². The minimum absolute atomic E-state index is 0.0325. The van der Waals surface area contributed by atoms with Crippen molar-refractivity contribution in [2.75, 3.05) is 13.3 Å². The molecule has 0 saturated heterocycles. The molecule has 1 atom stereocenters. The van der Waals surface area contributed by atoms with Crippen molar-refractivity contribution in [1.29, 1.82) is 0 Å². The monoisotopic (exact) mass is 287 g/mol. The molecule has 6 nitrogen and oxygen atoms in total. The summed E-state index contributed by atoms with van der Waals surface area (Å²) in [6.45, 7) is -0.222. The minimum Gasteiger partial charge on any atom is -0.507 e. The van der Waals surface area contributed by atoms with Crippen LogP contribution < -0.4 is 9.47 Å². The third-order valence-electron chi connectivity index (χ3n) is 3.43. The number of fused-ring (bicyclic) bond motifs is 1. The van der Waals surface area contributed by atoms with Gasteiger partial charge in [-0.15, -0.1) is 0 Å². The van der Waals surface area contributed by atoms with Gasteiger partial charge >= 0.3 is 0 Å². The highest BCUT2D eigenvalue weighted by Gasteiger charge is 2.26. The maximum atomic E-state index is 11.0. The second-order valence-electron chi connectivity index (χ2n) is 4.74. The summed E-state index contributed by atoms with van der Waals surface area (Å²) >= 11 is 0. The molecule has 1 aliphatic heterocycles. The zero-order chi connectivity index (χ0) is 14.8. The highest BCUT2D eigenvalue weighted by Crippen LogP contribution is 2.42. The minimum atomic E-state index is -0.546. The fraction of sp³-hybridized carbons (Fsp3) is 0.200. The van der Waals surface area contributed by atoms with Gasteiger partial charge in [0.2, 0.25) is 13.3 Å². The second-order valence-corrected chi connectivity index (χ2v) is 4.74. The Morgan fingerprint density at radius 3 is 2.52 bits per heavy atom. The molecule has 0 saturated carbocycles. The summed E-state index contributed by atoms with van der Waals surface area (Å²) in [6.07, 6.45) is 0. The maximum absolute atomic E-state index is 11.0. The zero-order valence-corrected chi connectivity index (χ0v) is 11.1. The van der Waals surface area contributed by atoms with Crippen LogP contribution in [-0.4, -0.2) is 23.4 Å². The summed E-state index contributed by atoms with van der Waals surface area (Å²) in [4.78, 5) is 10.6. The van der Waals surface area contributed by atoms with E-state index < -0.39 is 5.92 Å². The predicted octanol–water partition coefficient (Wildman–Crippen LogP) is 2.53. The Labute approximate surface area is 120 Å². The van der Waals surface area contributed by atoms with E-state index in [0.717, 1.165) is 5.56 Å². The van der Waals surface area contributed by atoms with Crippen LogP contribution in [0, 0.1) is 10.1 Å². The summed E-state index contributed by atoms with van der Waals surface area (Å²) in [7, 11) is 0. The van der Waals surface area contributed by atoms with Gasteiger partial charge in [0.05, 0.1) is 5.92 Å². The molecule has 2 aromatic rings. The van der Waals surface area contributed by atoms with E-state index >= 15 is 0 Å². The van der Waals surface area contributed by atoms with Crippen LogP contribution in [0.4, 0.5) is 0 Å². The topological polar surface area (TPSA) is 81.8 Å². The van der Waals surface area contributed by atoms with Crippen LogP contribution in [-0.2, 0) is 0 Å². The van der Waals surface area contributed by atoms with E-state index in [1.54, 1.807) is 18.2 Å². The number of nitrogens with zero attached hydrogens (tertiary/aromatic N) is 1. The van der Waals surface area contributed by atoms with Crippen LogP contribution in [0.1, 0.15) is 17.0 Å². The number of rotatable bonds is 4. The van der Waals surface area contributed by atoms with Crippen molar-refractivity contribution in [3.8, 4) is 17.2 Å². The van der Waals surface area contributed by atoms with E-state index in [4.69, 9.17) is 9.47 Å². The van der Waals surface area contributed by atoms with Crippen LogP contribution in [0.3, 0.4) is 0 Å². The SMILES string of the molecule is O=[N+]([O-])C[C@@H](c1ccccc1)c1cc2c(cc1O)OCO2. The van der Waals surface area contributed by atoms with E-state index in [-0.39, 0.29) is 24.0 Å². The van der Waals surface area contributed by atoms with Crippen LogP contribution in [0.15, 0.2) is 42.5 Å². The Balaban J connectivity index is 2.06. The van der Waals surface area contributed by atoms with Crippen LogP contribution in [0.5, 0.6) is 17.2 Å². The molecule has 21 heavy (non-hydrogen) atoms. The molecule has 2 aromatic carbocycles. The number of benzene rings is 2. The highest BCUT2D eigenvalue weighted by molar-refractivity contribution is 5.54. The molecule has 0 bridgehead atoms. The molecule has 108 valence electrons. The molecule has 0 radical (unpaired) electrons.